The number of thiazole rings is 1. The summed E-state index contributed by atoms with van der Waals surface area (Å²) in [5.74, 6) is 3.86. The van der Waals surface area contributed by atoms with Gasteiger partial charge in [0.15, 0.2) is 5.13 Å². The standard InChI is InChI=1S/C14H11FN2O2S/c1-9-8-20-14(16-9)17-13(19)11-7-10(3-2-6-18)4-5-12(11)15/h4-5,7-8,18H,6H2,1H3,(H,16,17,19). The lowest BCUT2D eigenvalue weighted by Gasteiger charge is -2.03. The Hall–Kier alpha value is -2.23. The number of rotatable bonds is 2. The fourth-order valence-electron chi connectivity index (χ4n) is 1.49. The molecule has 1 amide bonds. The number of aliphatic hydroxyl groups excluding tert-OH is 1. The monoisotopic (exact) mass is 290 g/mol. The first-order valence-electron chi connectivity index (χ1n) is 5.73. The molecule has 1 aromatic carbocycles. The molecule has 1 heterocycles. The number of carbonyl (C=O) groups excluding carboxylic acids is 1. The first kappa shape index (κ1) is 14.2. The second kappa shape index (κ2) is 6.28. The van der Waals surface area contributed by atoms with Crippen molar-refractivity contribution in [2.24, 2.45) is 0 Å². The Balaban J connectivity index is 2.24. The number of aliphatic hydroxyl groups is 1. The number of anilines is 1. The van der Waals surface area contributed by atoms with Gasteiger partial charge in [0, 0.05) is 10.9 Å². The van der Waals surface area contributed by atoms with E-state index >= 15 is 0 Å². The minimum Gasteiger partial charge on any atom is -0.384 e. The highest BCUT2D eigenvalue weighted by Crippen LogP contribution is 2.17. The van der Waals surface area contributed by atoms with E-state index in [1.165, 1.54) is 29.5 Å². The van der Waals surface area contributed by atoms with E-state index in [-0.39, 0.29) is 12.2 Å². The van der Waals surface area contributed by atoms with Crippen LogP contribution in [0.2, 0.25) is 0 Å². The SMILES string of the molecule is Cc1csc(NC(=O)c2cc(C#CCO)ccc2F)n1. The van der Waals surface area contributed by atoms with E-state index in [0.717, 1.165) is 5.69 Å². The van der Waals surface area contributed by atoms with Gasteiger partial charge in [-0.05, 0) is 25.1 Å². The van der Waals surface area contributed by atoms with Crippen LogP contribution in [0.4, 0.5) is 9.52 Å². The molecule has 2 N–H and O–H groups in total. The van der Waals surface area contributed by atoms with Crippen LogP contribution in [0.5, 0.6) is 0 Å². The zero-order valence-corrected chi connectivity index (χ0v) is 11.4. The average molecular weight is 290 g/mol. The van der Waals surface area contributed by atoms with Gasteiger partial charge in [-0.25, -0.2) is 9.37 Å². The summed E-state index contributed by atoms with van der Waals surface area (Å²) < 4.78 is 13.7. The van der Waals surface area contributed by atoms with Crippen molar-refractivity contribution >= 4 is 22.4 Å². The highest BCUT2D eigenvalue weighted by atomic mass is 32.1. The van der Waals surface area contributed by atoms with Gasteiger partial charge >= 0.3 is 0 Å². The Morgan fingerprint density at radius 1 is 1.55 bits per heavy atom. The highest BCUT2D eigenvalue weighted by Gasteiger charge is 2.13. The summed E-state index contributed by atoms with van der Waals surface area (Å²) in [6, 6.07) is 3.96. The van der Waals surface area contributed by atoms with Gasteiger partial charge in [-0.15, -0.1) is 11.3 Å². The topological polar surface area (TPSA) is 62.2 Å². The predicted octanol–water partition coefficient (Wildman–Crippen LogP) is 2.19. The molecule has 0 fully saturated rings. The molecule has 0 saturated carbocycles. The molecule has 6 heteroatoms. The first-order chi connectivity index (χ1) is 9.60. The van der Waals surface area contributed by atoms with Crippen LogP contribution in [-0.4, -0.2) is 22.6 Å². The maximum absolute atomic E-state index is 13.7. The molecule has 0 spiro atoms. The van der Waals surface area contributed by atoms with Crippen LogP contribution >= 0.6 is 11.3 Å². The van der Waals surface area contributed by atoms with Crippen molar-refractivity contribution in [2.45, 2.75) is 6.92 Å². The maximum Gasteiger partial charge on any atom is 0.260 e. The molecule has 0 bridgehead atoms. The van der Waals surface area contributed by atoms with Crippen LogP contribution in [-0.2, 0) is 0 Å². The molecule has 0 atom stereocenters. The molecule has 0 saturated heterocycles. The zero-order valence-electron chi connectivity index (χ0n) is 10.6. The normalized spacial score (nSPS) is 9.75. The molecular formula is C14H11FN2O2S. The van der Waals surface area contributed by atoms with Gasteiger partial charge in [0.05, 0.1) is 11.3 Å². The summed E-state index contributed by atoms with van der Waals surface area (Å²) in [4.78, 5) is 16.1. The second-order valence-corrected chi connectivity index (χ2v) is 4.76. The third-order valence-electron chi connectivity index (χ3n) is 2.36. The largest absolute Gasteiger partial charge is 0.384 e. The van der Waals surface area contributed by atoms with Gasteiger partial charge in [-0.2, -0.15) is 0 Å². The summed E-state index contributed by atoms with van der Waals surface area (Å²) in [6.07, 6.45) is 0. The smallest absolute Gasteiger partial charge is 0.260 e. The Morgan fingerprint density at radius 2 is 2.35 bits per heavy atom. The lowest BCUT2D eigenvalue weighted by atomic mass is 10.1. The van der Waals surface area contributed by atoms with Crippen molar-refractivity contribution in [2.75, 3.05) is 11.9 Å². The van der Waals surface area contributed by atoms with Gasteiger partial charge < -0.3 is 5.11 Å². The van der Waals surface area contributed by atoms with Crippen LogP contribution < -0.4 is 5.32 Å². The summed E-state index contributed by atoms with van der Waals surface area (Å²) in [7, 11) is 0. The second-order valence-electron chi connectivity index (χ2n) is 3.90. The van der Waals surface area contributed by atoms with E-state index in [2.05, 4.69) is 22.1 Å². The van der Waals surface area contributed by atoms with Crippen molar-refractivity contribution in [3.8, 4) is 11.8 Å². The average Bonchev–Trinajstić information content (AvgIpc) is 2.83. The minimum absolute atomic E-state index is 0.109. The van der Waals surface area contributed by atoms with Gasteiger partial charge in [-0.1, -0.05) is 11.8 Å². The summed E-state index contributed by atoms with van der Waals surface area (Å²) >= 11 is 1.27. The summed E-state index contributed by atoms with van der Waals surface area (Å²) in [5, 5.41) is 13.4. The predicted molar refractivity (Wildman–Crippen MR) is 75.2 cm³/mol. The molecule has 0 aliphatic carbocycles. The van der Waals surface area contributed by atoms with E-state index in [1.807, 2.05) is 0 Å². The molecule has 0 unspecified atom stereocenters. The Kier molecular flexibility index (Phi) is 4.45. The van der Waals surface area contributed by atoms with Crippen LogP contribution in [0.1, 0.15) is 21.6 Å². The molecule has 4 nitrogen and oxygen atoms in total. The third kappa shape index (κ3) is 3.41. The van der Waals surface area contributed by atoms with E-state index < -0.39 is 11.7 Å². The maximum atomic E-state index is 13.7. The molecule has 102 valence electrons. The van der Waals surface area contributed by atoms with Crippen LogP contribution in [0.3, 0.4) is 0 Å². The van der Waals surface area contributed by atoms with E-state index in [1.54, 1.807) is 12.3 Å². The molecule has 1 aromatic heterocycles. The quantitative estimate of drug-likeness (QED) is 0.833. The number of nitrogens with zero attached hydrogens (tertiary/aromatic N) is 1. The Morgan fingerprint density at radius 3 is 3.00 bits per heavy atom. The number of nitrogens with one attached hydrogen (secondary N) is 1. The number of amides is 1. The number of hydrogen-bond acceptors (Lipinski definition) is 4. The number of carbonyl (C=O) groups is 1. The van der Waals surface area contributed by atoms with Crippen molar-refractivity contribution in [3.63, 3.8) is 0 Å². The Bertz CT molecular complexity index is 701. The van der Waals surface area contributed by atoms with Gasteiger partial charge in [-0.3, -0.25) is 10.1 Å². The van der Waals surface area contributed by atoms with Gasteiger partial charge in [0.2, 0.25) is 0 Å². The van der Waals surface area contributed by atoms with Crippen LogP contribution in [0.15, 0.2) is 23.6 Å². The number of aromatic nitrogens is 1. The van der Waals surface area contributed by atoms with E-state index in [4.69, 9.17) is 5.11 Å². The van der Waals surface area contributed by atoms with Crippen molar-refractivity contribution in [1.82, 2.24) is 4.98 Å². The van der Waals surface area contributed by atoms with Gasteiger partial charge in [0.1, 0.15) is 12.4 Å². The first-order valence-corrected chi connectivity index (χ1v) is 6.61. The molecule has 0 aliphatic heterocycles. The molecule has 2 rings (SSSR count). The van der Waals surface area contributed by atoms with Crippen LogP contribution in [0, 0.1) is 24.6 Å². The van der Waals surface area contributed by atoms with Gasteiger partial charge in [0.25, 0.3) is 5.91 Å². The summed E-state index contributed by atoms with van der Waals surface area (Å²) in [5.41, 5.74) is 1.14. The minimum atomic E-state index is -0.634. The lowest BCUT2D eigenvalue weighted by Crippen LogP contribution is -2.13. The zero-order chi connectivity index (χ0) is 14.5. The Labute approximate surface area is 119 Å². The van der Waals surface area contributed by atoms with Crippen molar-refractivity contribution in [3.05, 3.63) is 46.2 Å². The molecule has 2 aromatic rings. The molecule has 0 aliphatic rings. The number of aryl methyl sites for hydroxylation is 1. The third-order valence-corrected chi connectivity index (χ3v) is 3.24. The lowest BCUT2D eigenvalue weighted by molar-refractivity contribution is 0.102. The van der Waals surface area contributed by atoms with E-state index in [9.17, 15) is 9.18 Å². The van der Waals surface area contributed by atoms with Crippen molar-refractivity contribution < 1.29 is 14.3 Å². The summed E-state index contributed by atoms with van der Waals surface area (Å²) in [6.45, 7) is 1.51. The van der Waals surface area contributed by atoms with Crippen molar-refractivity contribution in [1.29, 1.82) is 0 Å². The van der Waals surface area contributed by atoms with E-state index in [0.29, 0.717) is 10.7 Å². The number of benzene rings is 1. The number of halogens is 1. The fraction of sp³-hybridized carbons (Fsp3) is 0.143. The molecule has 20 heavy (non-hydrogen) atoms. The highest BCUT2D eigenvalue weighted by molar-refractivity contribution is 7.13. The molecule has 0 radical (unpaired) electrons. The molecular weight excluding hydrogens is 279 g/mol. The number of hydrogen-bond donors (Lipinski definition) is 2. The fourth-order valence-corrected chi connectivity index (χ4v) is 2.18. The van der Waals surface area contributed by atoms with Crippen LogP contribution in [0.25, 0.3) is 0 Å².